The van der Waals surface area contributed by atoms with Crippen molar-refractivity contribution in [2.75, 3.05) is 7.11 Å². The van der Waals surface area contributed by atoms with Gasteiger partial charge in [-0.15, -0.1) is 0 Å². The molecule has 3 N–H and O–H groups in total. The Kier molecular flexibility index (Phi) is 4.69. The second kappa shape index (κ2) is 6.91. The van der Waals surface area contributed by atoms with Gasteiger partial charge in [0.1, 0.15) is 5.75 Å². The van der Waals surface area contributed by atoms with Crippen LogP contribution in [0.5, 0.6) is 5.75 Å². The number of hydrogen-bond donors (Lipinski definition) is 2. The first kappa shape index (κ1) is 16.3. The summed E-state index contributed by atoms with van der Waals surface area (Å²) in [6.07, 6.45) is 2.75. The van der Waals surface area contributed by atoms with Crippen LogP contribution in [-0.2, 0) is 16.0 Å². The fraction of sp³-hybridized carbons (Fsp3) is 0.368. The molecular weight excluding hydrogens is 304 g/mol. The lowest BCUT2D eigenvalue weighted by atomic mass is 10.00. The van der Waals surface area contributed by atoms with E-state index in [2.05, 4.69) is 5.32 Å². The molecular formula is C19H22N2O3. The molecule has 5 nitrogen and oxygen atoms in total. The van der Waals surface area contributed by atoms with Gasteiger partial charge in [-0.25, -0.2) is 0 Å². The van der Waals surface area contributed by atoms with Crippen LogP contribution in [-0.4, -0.2) is 25.0 Å². The molecule has 0 bridgehead atoms. The van der Waals surface area contributed by atoms with Crippen LogP contribution in [0.1, 0.15) is 24.8 Å². The van der Waals surface area contributed by atoms with Crippen molar-refractivity contribution in [1.82, 2.24) is 5.32 Å². The molecule has 1 aliphatic carbocycles. The molecule has 0 unspecified atom stereocenters. The minimum atomic E-state index is -0.326. The topological polar surface area (TPSA) is 81.4 Å². The van der Waals surface area contributed by atoms with Crippen LogP contribution in [0.2, 0.25) is 0 Å². The van der Waals surface area contributed by atoms with Crippen molar-refractivity contribution in [3.8, 4) is 5.75 Å². The summed E-state index contributed by atoms with van der Waals surface area (Å²) in [5.41, 5.74) is 6.36. The van der Waals surface area contributed by atoms with Gasteiger partial charge in [-0.2, -0.15) is 0 Å². The van der Waals surface area contributed by atoms with Gasteiger partial charge in [-0.05, 0) is 41.3 Å². The molecule has 0 saturated heterocycles. The van der Waals surface area contributed by atoms with Gasteiger partial charge < -0.3 is 15.8 Å². The van der Waals surface area contributed by atoms with Crippen LogP contribution in [0.4, 0.5) is 0 Å². The van der Waals surface area contributed by atoms with Crippen LogP contribution in [0.3, 0.4) is 0 Å². The summed E-state index contributed by atoms with van der Waals surface area (Å²) in [5.74, 6) is 0.109. The highest BCUT2D eigenvalue weighted by atomic mass is 16.5. The molecule has 2 aromatic carbocycles. The van der Waals surface area contributed by atoms with Crippen LogP contribution >= 0.6 is 0 Å². The predicted octanol–water partition coefficient (Wildman–Crippen LogP) is 2.16. The molecule has 0 aromatic heterocycles. The Morgan fingerprint density at radius 2 is 2.08 bits per heavy atom. The van der Waals surface area contributed by atoms with Crippen LogP contribution in [0.25, 0.3) is 10.8 Å². The third kappa shape index (κ3) is 3.35. The van der Waals surface area contributed by atoms with E-state index in [9.17, 15) is 9.59 Å². The molecule has 1 fully saturated rings. The molecule has 2 aromatic rings. The van der Waals surface area contributed by atoms with Gasteiger partial charge in [-0.3, -0.25) is 9.59 Å². The van der Waals surface area contributed by atoms with E-state index in [0.717, 1.165) is 41.3 Å². The number of carbonyl (C=O) groups excluding carboxylic acids is 2. The summed E-state index contributed by atoms with van der Waals surface area (Å²) in [5, 5.41) is 5.05. The molecule has 1 aliphatic rings. The van der Waals surface area contributed by atoms with Crippen molar-refractivity contribution >= 4 is 22.6 Å². The summed E-state index contributed by atoms with van der Waals surface area (Å²) < 4.78 is 5.28. The molecule has 126 valence electrons. The van der Waals surface area contributed by atoms with E-state index in [1.807, 2.05) is 36.4 Å². The SMILES string of the molecule is COc1ccc2cccc(CC(=O)N[C@@H]3CCC[C@H]3C(N)=O)c2c1. The fourth-order valence-electron chi connectivity index (χ4n) is 3.50. The number of amides is 2. The number of primary amides is 1. The highest BCUT2D eigenvalue weighted by molar-refractivity contribution is 5.91. The second-order valence-corrected chi connectivity index (χ2v) is 6.29. The number of nitrogens with two attached hydrogens (primary N) is 1. The second-order valence-electron chi connectivity index (χ2n) is 6.29. The molecule has 3 rings (SSSR count). The summed E-state index contributed by atoms with van der Waals surface area (Å²) in [4.78, 5) is 23.9. The van der Waals surface area contributed by atoms with Crippen molar-refractivity contribution in [2.24, 2.45) is 11.7 Å². The quantitative estimate of drug-likeness (QED) is 0.883. The smallest absolute Gasteiger partial charge is 0.224 e. The van der Waals surface area contributed by atoms with E-state index in [-0.39, 0.29) is 30.2 Å². The van der Waals surface area contributed by atoms with Gasteiger partial charge in [0.25, 0.3) is 0 Å². The van der Waals surface area contributed by atoms with Gasteiger partial charge in [0.2, 0.25) is 11.8 Å². The summed E-state index contributed by atoms with van der Waals surface area (Å²) in [6, 6.07) is 11.6. The van der Waals surface area contributed by atoms with Crippen LogP contribution in [0.15, 0.2) is 36.4 Å². The maximum Gasteiger partial charge on any atom is 0.224 e. The molecule has 2 atom stereocenters. The standard InChI is InChI=1S/C19H22N2O3/c1-24-14-9-8-12-4-2-5-13(16(12)11-14)10-18(22)21-17-7-3-6-15(17)19(20)23/h2,4-5,8-9,11,15,17H,3,6-7,10H2,1H3,(H2,20,23)(H,21,22)/t15-,17-/m1/s1. The zero-order chi connectivity index (χ0) is 17.1. The first-order valence-electron chi connectivity index (χ1n) is 8.23. The monoisotopic (exact) mass is 326 g/mol. The Morgan fingerprint density at radius 1 is 1.25 bits per heavy atom. The first-order chi connectivity index (χ1) is 11.6. The molecule has 24 heavy (non-hydrogen) atoms. The van der Waals surface area contributed by atoms with Gasteiger partial charge in [-0.1, -0.05) is 30.7 Å². The Morgan fingerprint density at radius 3 is 2.83 bits per heavy atom. The Bertz CT molecular complexity index is 772. The number of rotatable bonds is 5. The van der Waals surface area contributed by atoms with Gasteiger partial charge in [0, 0.05) is 6.04 Å². The zero-order valence-electron chi connectivity index (χ0n) is 13.7. The number of hydrogen-bond acceptors (Lipinski definition) is 3. The fourth-order valence-corrected chi connectivity index (χ4v) is 3.50. The maximum atomic E-state index is 12.4. The number of fused-ring (bicyclic) bond motifs is 1. The minimum absolute atomic E-state index is 0.0801. The molecule has 0 aliphatic heterocycles. The van der Waals surface area contributed by atoms with Crippen LogP contribution < -0.4 is 15.8 Å². The normalized spacial score (nSPS) is 20.0. The van der Waals surface area contributed by atoms with E-state index in [4.69, 9.17) is 10.5 Å². The lowest BCUT2D eigenvalue weighted by Crippen LogP contribution is -2.42. The third-order valence-corrected chi connectivity index (χ3v) is 4.76. The number of carbonyl (C=O) groups is 2. The zero-order valence-corrected chi connectivity index (χ0v) is 13.7. The summed E-state index contributed by atoms with van der Waals surface area (Å²) >= 11 is 0. The van der Waals surface area contributed by atoms with Gasteiger partial charge in [0.05, 0.1) is 19.4 Å². The Balaban J connectivity index is 1.77. The van der Waals surface area contributed by atoms with Crippen molar-refractivity contribution in [1.29, 1.82) is 0 Å². The Labute approximate surface area is 141 Å². The highest BCUT2D eigenvalue weighted by Crippen LogP contribution is 2.27. The number of nitrogens with one attached hydrogen (secondary N) is 1. The lowest BCUT2D eigenvalue weighted by molar-refractivity contribution is -0.124. The molecule has 1 saturated carbocycles. The Hall–Kier alpha value is -2.56. The van der Waals surface area contributed by atoms with Gasteiger partial charge in [0.15, 0.2) is 0 Å². The van der Waals surface area contributed by atoms with E-state index in [1.165, 1.54) is 0 Å². The highest BCUT2D eigenvalue weighted by Gasteiger charge is 2.32. The van der Waals surface area contributed by atoms with Gasteiger partial charge >= 0.3 is 0 Å². The predicted molar refractivity (Wildman–Crippen MR) is 92.7 cm³/mol. The first-order valence-corrected chi connectivity index (χ1v) is 8.23. The number of ether oxygens (including phenoxy) is 1. The maximum absolute atomic E-state index is 12.4. The molecule has 5 heteroatoms. The number of methoxy groups -OCH3 is 1. The molecule has 0 radical (unpaired) electrons. The van der Waals surface area contributed by atoms with E-state index >= 15 is 0 Å². The molecule has 0 heterocycles. The van der Waals surface area contributed by atoms with Crippen molar-refractivity contribution < 1.29 is 14.3 Å². The van der Waals surface area contributed by atoms with Crippen molar-refractivity contribution in [3.63, 3.8) is 0 Å². The van der Waals surface area contributed by atoms with E-state index in [0.29, 0.717) is 0 Å². The van der Waals surface area contributed by atoms with E-state index < -0.39 is 0 Å². The summed E-state index contributed by atoms with van der Waals surface area (Å²) in [7, 11) is 1.63. The summed E-state index contributed by atoms with van der Waals surface area (Å²) in [6.45, 7) is 0. The molecule has 0 spiro atoms. The molecule has 2 amide bonds. The van der Waals surface area contributed by atoms with Crippen LogP contribution in [0, 0.1) is 5.92 Å². The minimum Gasteiger partial charge on any atom is -0.497 e. The lowest BCUT2D eigenvalue weighted by Gasteiger charge is -2.18. The third-order valence-electron chi connectivity index (χ3n) is 4.76. The van der Waals surface area contributed by atoms with Crippen molar-refractivity contribution in [3.05, 3.63) is 42.0 Å². The average Bonchev–Trinajstić information content (AvgIpc) is 3.03. The largest absolute Gasteiger partial charge is 0.497 e. The average molecular weight is 326 g/mol. The van der Waals surface area contributed by atoms with Crippen molar-refractivity contribution in [2.45, 2.75) is 31.7 Å². The number of benzene rings is 2. The van der Waals surface area contributed by atoms with E-state index in [1.54, 1.807) is 7.11 Å².